The molecule has 0 saturated heterocycles. The molecule has 1 aromatic rings. The number of aromatic nitrogens is 2. The van der Waals surface area contributed by atoms with E-state index < -0.39 is 0 Å². The van der Waals surface area contributed by atoms with Gasteiger partial charge in [-0.2, -0.15) is 0 Å². The Labute approximate surface area is 64.5 Å². The van der Waals surface area contributed by atoms with Crippen LogP contribution >= 0.6 is 0 Å². The quantitative estimate of drug-likeness (QED) is 0.580. The minimum atomic E-state index is -0.247. The highest BCUT2D eigenvalue weighted by atomic mass is 16.1. The van der Waals surface area contributed by atoms with E-state index in [-0.39, 0.29) is 5.41 Å². The van der Waals surface area contributed by atoms with Crippen LogP contribution in [-0.2, 0) is 10.2 Å². The smallest absolute Gasteiger partial charge is 0.132 e. The van der Waals surface area contributed by atoms with Crippen LogP contribution in [0.1, 0.15) is 18.5 Å². The number of hydrogen-bond acceptors (Lipinski definition) is 3. The van der Waals surface area contributed by atoms with E-state index in [4.69, 9.17) is 0 Å². The second-order valence-electron chi connectivity index (χ2n) is 2.87. The van der Waals surface area contributed by atoms with E-state index in [1.165, 1.54) is 6.33 Å². The fourth-order valence-corrected chi connectivity index (χ4v) is 1.15. The summed E-state index contributed by atoms with van der Waals surface area (Å²) in [6.45, 7) is 0. The fraction of sp³-hybridized carbons (Fsp3) is 0.375. The standard InChI is InChI=1S/C8H8N2O/c11-5-8(2-3-8)7-1-4-9-6-10-7/h1,4-6H,2-3H2. The summed E-state index contributed by atoms with van der Waals surface area (Å²) in [5, 5.41) is 0. The maximum atomic E-state index is 10.6. The molecular formula is C8H8N2O. The summed E-state index contributed by atoms with van der Waals surface area (Å²) in [6.07, 6.45) is 6.03. The molecule has 1 aliphatic carbocycles. The Bertz CT molecular complexity index is 267. The van der Waals surface area contributed by atoms with Crippen molar-refractivity contribution >= 4 is 6.29 Å². The van der Waals surface area contributed by atoms with E-state index in [1.807, 2.05) is 0 Å². The maximum Gasteiger partial charge on any atom is 0.132 e. The van der Waals surface area contributed by atoms with Crippen LogP contribution < -0.4 is 0 Å². The highest BCUT2D eigenvalue weighted by Gasteiger charge is 2.45. The minimum Gasteiger partial charge on any atom is -0.302 e. The third kappa shape index (κ3) is 0.926. The van der Waals surface area contributed by atoms with Crippen molar-refractivity contribution in [1.29, 1.82) is 0 Å². The zero-order valence-corrected chi connectivity index (χ0v) is 6.03. The lowest BCUT2D eigenvalue weighted by atomic mass is 10.1. The average molecular weight is 148 g/mol. The predicted molar refractivity (Wildman–Crippen MR) is 39.0 cm³/mol. The lowest BCUT2D eigenvalue weighted by Crippen LogP contribution is -2.09. The first kappa shape index (κ1) is 6.46. The summed E-state index contributed by atoms with van der Waals surface area (Å²) in [5.41, 5.74) is 0.616. The summed E-state index contributed by atoms with van der Waals surface area (Å²) in [5.74, 6) is 0. The molecular weight excluding hydrogens is 140 g/mol. The first-order valence-electron chi connectivity index (χ1n) is 3.60. The van der Waals surface area contributed by atoms with Crippen molar-refractivity contribution in [3.05, 3.63) is 24.3 Å². The first-order valence-corrected chi connectivity index (χ1v) is 3.60. The molecule has 56 valence electrons. The molecule has 0 radical (unpaired) electrons. The third-order valence-corrected chi connectivity index (χ3v) is 2.11. The maximum absolute atomic E-state index is 10.6. The van der Waals surface area contributed by atoms with Crippen LogP contribution in [0.25, 0.3) is 0 Å². The van der Waals surface area contributed by atoms with Gasteiger partial charge in [0.15, 0.2) is 0 Å². The monoisotopic (exact) mass is 148 g/mol. The van der Waals surface area contributed by atoms with Gasteiger partial charge in [0.1, 0.15) is 12.6 Å². The molecule has 1 saturated carbocycles. The van der Waals surface area contributed by atoms with E-state index in [9.17, 15) is 4.79 Å². The molecule has 1 heterocycles. The largest absolute Gasteiger partial charge is 0.302 e. The lowest BCUT2D eigenvalue weighted by Gasteiger charge is -2.02. The number of rotatable bonds is 2. The van der Waals surface area contributed by atoms with Gasteiger partial charge in [-0.25, -0.2) is 9.97 Å². The van der Waals surface area contributed by atoms with Gasteiger partial charge in [0, 0.05) is 6.20 Å². The molecule has 1 aliphatic rings. The van der Waals surface area contributed by atoms with Gasteiger partial charge in [0.2, 0.25) is 0 Å². The van der Waals surface area contributed by atoms with Crippen molar-refractivity contribution in [2.45, 2.75) is 18.3 Å². The van der Waals surface area contributed by atoms with Gasteiger partial charge in [-0.15, -0.1) is 0 Å². The highest BCUT2D eigenvalue weighted by Crippen LogP contribution is 2.44. The molecule has 3 heteroatoms. The second kappa shape index (κ2) is 2.12. The third-order valence-electron chi connectivity index (χ3n) is 2.11. The summed E-state index contributed by atoms with van der Waals surface area (Å²) < 4.78 is 0. The number of carbonyl (C=O) groups is 1. The van der Waals surface area contributed by atoms with Gasteiger partial charge in [0.05, 0.1) is 11.1 Å². The molecule has 0 amide bonds. The van der Waals surface area contributed by atoms with E-state index >= 15 is 0 Å². The number of hydrogen-bond donors (Lipinski definition) is 0. The van der Waals surface area contributed by atoms with Crippen molar-refractivity contribution in [3.8, 4) is 0 Å². The summed E-state index contributed by atoms with van der Waals surface area (Å²) >= 11 is 0. The SMILES string of the molecule is O=CC1(c2ccncn2)CC1. The second-order valence-corrected chi connectivity index (χ2v) is 2.87. The minimum absolute atomic E-state index is 0.247. The Morgan fingerprint density at radius 1 is 1.55 bits per heavy atom. The molecule has 0 spiro atoms. The molecule has 3 nitrogen and oxygen atoms in total. The van der Waals surface area contributed by atoms with Crippen LogP contribution in [0.3, 0.4) is 0 Å². The zero-order chi connectivity index (χ0) is 7.73. The number of aldehydes is 1. The van der Waals surface area contributed by atoms with Crippen LogP contribution in [0.2, 0.25) is 0 Å². The van der Waals surface area contributed by atoms with Gasteiger partial charge in [-0.1, -0.05) is 0 Å². The molecule has 1 fully saturated rings. The van der Waals surface area contributed by atoms with Crippen LogP contribution in [0, 0.1) is 0 Å². The highest BCUT2D eigenvalue weighted by molar-refractivity contribution is 5.71. The summed E-state index contributed by atoms with van der Waals surface area (Å²) in [7, 11) is 0. The molecule has 0 N–H and O–H groups in total. The summed E-state index contributed by atoms with van der Waals surface area (Å²) in [6, 6.07) is 1.81. The Hall–Kier alpha value is -1.25. The van der Waals surface area contributed by atoms with E-state index in [1.54, 1.807) is 12.3 Å². The van der Waals surface area contributed by atoms with Crippen molar-refractivity contribution in [3.63, 3.8) is 0 Å². The van der Waals surface area contributed by atoms with Crippen molar-refractivity contribution in [2.24, 2.45) is 0 Å². The predicted octanol–water partition coefficient (Wildman–Crippen LogP) is 0.707. The normalized spacial score (nSPS) is 19.3. The number of carbonyl (C=O) groups excluding carboxylic acids is 1. The molecule has 0 bridgehead atoms. The topological polar surface area (TPSA) is 42.9 Å². The Kier molecular flexibility index (Phi) is 1.24. The Morgan fingerprint density at radius 3 is 2.82 bits per heavy atom. The first-order chi connectivity index (χ1) is 5.37. The van der Waals surface area contributed by atoms with Crippen LogP contribution in [0.5, 0.6) is 0 Å². The number of nitrogens with zero attached hydrogens (tertiary/aromatic N) is 2. The van der Waals surface area contributed by atoms with Gasteiger partial charge >= 0.3 is 0 Å². The van der Waals surface area contributed by atoms with E-state index in [2.05, 4.69) is 9.97 Å². The molecule has 2 rings (SSSR count). The van der Waals surface area contributed by atoms with Crippen molar-refractivity contribution < 1.29 is 4.79 Å². The summed E-state index contributed by atoms with van der Waals surface area (Å²) in [4.78, 5) is 18.5. The van der Waals surface area contributed by atoms with Gasteiger partial charge in [-0.05, 0) is 18.9 Å². The Balaban J connectivity index is 2.37. The van der Waals surface area contributed by atoms with E-state index in [0.717, 1.165) is 24.8 Å². The molecule has 0 aromatic carbocycles. The fourth-order valence-electron chi connectivity index (χ4n) is 1.15. The van der Waals surface area contributed by atoms with Crippen molar-refractivity contribution in [1.82, 2.24) is 9.97 Å². The van der Waals surface area contributed by atoms with Crippen molar-refractivity contribution in [2.75, 3.05) is 0 Å². The van der Waals surface area contributed by atoms with Crippen LogP contribution in [0.4, 0.5) is 0 Å². The van der Waals surface area contributed by atoms with Crippen LogP contribution in [-0.4, -0.2) is 16.3 Å². The molecule has 0 aliphatic heterocycles. The van der Waals surface area contributed by atoms with Gasteiger partial charge < -0.3 is 4.79 Å². The Morgan fingerprint density at radius 2 is 2.36 bits per heavy atom. The molecule has 0 unspecified atom stereocenters. The zero-order valence-electron chi connectivity index (χ0n) is 6.03. The molecule has 11 heavy (non-hydrogen) atoms. The van der Waals surface area contributed by atoms with Crippen LogP contribution in [0.15, 0.2) is 18.6 Å². The van der Waals surface area contributed by atoms with E-state index in [0.29, 0.717) is 0 Å². The van der Waals surface area contributed by atoms with Gasteiger partial charge in [-0.3, -0.25) is 0 Å². The molecule has 1 aromatic heterocycles. The lowest BCUT2D eigenvalue weighted by molar-refractivity contribution is -0.109. The van der Waals surface area contributed by atoms with Gasteiger partial charge in [0.25, 0.3) is 0 Å². The molecule has 0 atom stereocenters. The average Bonchev–Trinajstić information content (AvgIpc) is 2.86.